The van der Waals surface area contributed by atoms with Gasteiger partial charge in [0, 0.05) is 25.4 Å². The van der Waals surface area contributed by atoms with Crippen LogP contribution in [0.4, 0.5) is 8.78 Å². The van der Waals surface area contributed by atoms with Crippen molar-refractivity contribution in [3.05, 3.63) is 20.8 Å². The third kappa shape index (κ3) is 2.52. The van der Waals surface area contributed by atoms with Gasteiger partial charge in [0.15, 0.2) is 0 Å². The maximum atomic E-state index is 12.5. The number of thiophene rings is 1. The van der Waals surface area contributed by atoms with Crippen LogP contribution in [-0.4, -0.2) is 12.0 Å². The van der Waals surface area contributed by atoms with E-state index in [9.17, 15) is 8.78 Å². The summed E-state index contributed by atoms with van der Waals surface area (Å²) in [6.07, 6.45) is -0.0311. The lowest BCUT2D eigenvalue weighted by Crippen LogP contribution is -2.48. The predicted octanol–water partition coefficient (Wildman–Crippen LogP) is 3.40. The second-order valence-electron chi connectivity index (χ2n) is 3.60. The Kier molecular flexibility index (Phi) is 2.91. The van der Waals surface area contributed by atoms with Crippen LogP contribution in [0.2, 0.25) is 0 Å². The molecule has 0 aromatic carbocycles. The molecule has 5 heteroatoms. The number of nitrogens with one attached hydrogen (secondary N) is 1. The fourth-order valence-corrected chi connectivity index (χ4v) is 2.72. The SMILES string of the molecule is FC1(F)CC(NCc2csc(Br)c2)C1. The molecule has 1 aromatic rings. The molecule has 2 rings (SSSR count). The van der Waals surface area contributed by atoms with Crippen LogP contribution in [-0.2, 0) is 6.54 Å². The highest BCUT2D eigenvalue weighted by Gasteiger charge is 2.44. The molecule has 1 aromatic heterocycles. The van der Waals surface area contributed by atoms with E-state index >= 15 is 0 Å². The molecule has 1 aliphatic rings. The minimum atomic E-state index is -2.42. The van der Waals surface area contributed by atoms with Gasteiger partial charge in [-0.25, -0.2) is 8.78 Å². The maximum Gasteiger partial charge on any atom is 0.251 e. The zero-order chi connectivity index (χ0) is 10.2. The third-order valence-electron chi connectivity index (χ3n) is 2.31. The molecule has 1 fully saturated rings. The number of halogens is 3. The monoisotopic (exact) mass is 281 g/mol. The molecule has 0 aliphatic heterocycles. The molecule has 0 saturated heterocycles. The lowest BCUT2D eigenvalue weighted by atomic mass is 9.88. The normalized spacial score (nSPS) is 20.8. The summed E-state index contributed by atoms with van der Waals surface area (Å²) >= 11 is 4.97. The Hall–Kier alpha value is -0.000000000000000111. The molecule has 0 amide bonds. The smallest absolute Gasteiger partial charge is 0.251 e. The van der Waals surface area contributed by atoms with Gasteiger partial charge in [0.2, 0.25) is 0 Å². The molecular formula is C9H10BrF2NS. The molecule has 1 nitrogen and oxygen atoms in total. The Morgan fingerprint density at radius 3 is 2.79 bits per heavy atom. The van der Waals surface area contributed by atoms with Gasteiger partial charge in [-0.1, -0.05) is 0 Å². The highest BCUT2D eigenvalue weighted by molar-refractivity contribution is 9.11. The average molecular weight is 282 g/mol. The van der Waals surface area contributed by atoms with Crippen molar-refractivity contribution in [2.75, 3.05) is 0 Å². The van der Waals surface area contributed by atoms with Crippen LogP contribution < -0.4 is 5.32 Å². The maximum absolute atomic E-state index is 12.5. The molecule has 0 atom stereocenters. The van der Waals surface area contributed by atoms with Crippen LogP contribution in [0.25, 0.3) is 0 Å². The topological polar surface area (TPSA) is 12.0 Å². The van der Waals surface area contributed by atoms with Gasteiger partial charge in [-0.15, -0.1) is 11.3 Å². The van der Waals surface area contributed by atoms with E-state index in [1.807, 2.05) is 11.4 Å². The second kappa shape index (κ2) is 3.87. The van der Waals surface area contributed by atoms with Gasteiger partial charge in [0.25, 0.3) is 5.92 Å². The van der Waals surface area contributed by atoms with E-state index in [0.29, 0.717) is 6.54 Å². The van der Waals surface area contributed by atoms with Crippen molar-refractivity contribution < 1.29 is 8.78 Å². The van der Waals surface area contributed by atoms with E-state index in [2.05, 4.69) is 21.2 Å². The van der Waals surface area contributed by atoms with Crippen molar-refractivity contribution >= 4 is 27.3 Å². The van der Waals surface area contributed by atoms with Gasteiger partial charge in [-0.05, 0) is 32.9 Å². The van der Waals surface area contributed by atoms with E-state index in [-0.39, 0.29) is 18.9 Å². The van der Waals surface area contributed by atoms with Crippen LogP contribution in [0.5, 0.6) is 0 Å². The van der Waals surface area contributed by atoms with Crippen molar-refractivity contribution in [2.45, 2.75) is 31.4 Å². The van der Waals surface area contributed by atoms with E-state index in [1.54, 1.807) is 11.3 Å². The summed E-state index contributed by atoms with van der Waals surface area (Å²) in [5, 5.41) is 5.13. The number of rotatable bonds is 3. The van der Waals surface area contributed by atoms with Crippen LogP contribution >= 0.6 is 27.3 Å². The average Bonchev–Trinajstić information content (AvgIpc) is 2.44. The van der Waals surface area contributed by atoms with E-state index in [4.69, 9.17) is 0 Å². The van der Waals surface area contributed by atoms with Crippen LogP contribution in [0, 0.1) is 0 Å². The standard InChI is InChI=1S/C9H10BrF2NS/c10-8-1-6(5-14-8)4-13-7-2-9(11,12)3-7/h1,5,7,13H,2-4H2. The molecule has 0 radical (unpaired) electrons. The van der Waals surface area contributed by atoms with Crippen LogP contribution in [0.3, 0.4) is 0 Å². The molecule has 78 valence electrons. The Bertz CT molecular complexity index is 318. The van der Waals surface area contributed by atoms with Crippen molar-refractivity contribution in [1.82, 2.24) is 5.32 Å². The molecule has 0 unspecified atom stereocenters. The van der Waals surface area contributed by atoms with E-state index in [0.717, 1.165) is 9.35 Å². The highest BCUT2D eigenvalue weighted by atomic mass is 79.9. The van der Waals surface area contributed by atoms with Gasteiger partial charge in [-0.2, -0.15) is 0 Å². The number of hydrogen-bond acceptors (Lipinski definition) is 2. The first-order valence-electron chi connectivity index (χ1n) is 4.39. The minimum Gasteiger partial charge on any atom is -0.309 e. The molecule has 0 bridgehead atoms. The molecule has 0 spiro atoms. The molecule has 1 aliphatic carbocycles. The first-order chi connectivity index (χ1) is 6.55. The molecule has 1 heterocycles. The number of alkyl halides is 2. The van der Waals surface area contributed by atoms with Crippen LogP contribution in [0.1, 0.15) is 18.4 Å². The summed E-state index contributed by atoms with van der Waals surface area (Å²) in [6, 6.07) is 2.00. The largest absolute Gasteiger partial charge is 0.309 e. The fraction of sp³-hybridized carbons (Fsp3) is 0.556. The van der Waals surface area contributed by atoms with Gasteiger partial charge in [-0.3, -0.25) is 0 Å². The van der Waals surface area contributed by atoms with E-state index < -0.39 is 5.92 Å². The Balaban J connectivity index is 1.74. The summed E-state index contributed by atoms with van der Waals surface area (Å²) < 4.78 is 26.0. The predicted molar refractivity (Wildman–Crippen MR) is 56.8 cm³/mol. The molecular weight excluding hydrogens is 272 g/mol. The molecule has 1 N–H and O–H groups in total. The minimum absolute atomic E-state index is 0.0105. The van der Waals surface area contributed by atoms with Gasteiger partial charge in [0.1, 0.15) is 0 Å². The fourth-order valence-electron chi connectivity index (χ4n) is 1.51. The summed E-state index contributed by atoms with van der Waals surface area (Å²) in [7, 11) is 0. The first kappa shape index (κ1) is 10.5. The zero-order valence-electron chi connectivity index (χ0n) is 7.40. The summed E-state index contributed by atoms with van der Waals surface area (Å²) in [5.41, 5.74) is 1.15. The van der Waals surface area contributed by atoms with Crippen molar-refractivity contribution in [1.29, 1.82) is 0 Å². The second-order valence-corrected chi connectivity index (χ2v) is 5.89. The van der Waals surface area contributed by atoms with Crippen LogP contribution in [0.15, 0.2) is 15.2 Å². The third-order valence-corrected chi connectivity index (χ3v) is 3.86. The van der Waals surface area contributed by atoms with Gasteiger partial charge >= 0.3 is 0 Å². The summed E-state index contributed by atoms with van der Waals surface area (Å²) in [4.78, 5) is 0. The van der Waals surface area contributed by atoms with Gasteiger partial charge < -0.3 is 5.32 Å². The van der Waals surface area contributed by atoms with E-state index in [1.165, 1.54) is 0 Å². The summed E-state index contributed by atoms with van der Waals surface area (Å²) in [5.74, 6) is -2.42. The van der Waals surface area contributed by atoms with Gasteiger partial charge in [0.05, 0.1) is 3.79 Å². The van der Waals surface area contributed by atoms with Crippen molar-refractivity contribution in [3.8, 4) is 0 Å². The lowest BCUT2D eigenvalue weighted by molar-refractivity contribution is -0.0930. The quantitative estimate of drug-likeness (QED) is 0.896. The Morgan fingerprint density at radius 2 is 2.29 bits per heavy atom. The molecule has 1 saturated carbocycles. The Labute approximate surface area is 93.6 Å². The van der Waals surface area contributed by atoms with Crippen molar-refractivity contribution in [2.24, 2.45) is 0 Å². The summed E-state index contributed by atoms with van der Waals surface area (Å²) in [6.45, 7) is 0.683. The zero-order valence-corrected chi connectivity index (χ0v) is 9.80. The first-order valence-corrected chi connectivity index (χ1v) is 6.06. The Morgan fingerprint density at radius 1 is 1.57 bits per heavy atom. The van der Waals surface area contributed by atoms with Crippen molar-refractivity contribution in [3.63, 3.8) is 0 Å². The highest BCUT2D eigenvalue weighted by Crippen LogP contribution is 2.37. The molecule has 14 heavy (non-hydrogen) atoms. The number of hydrogen-bond donors (Lipinski definition) is 1. The lowest BCUT2D eigenvalue weighted by Gasteiger charge is -2.35.